The summed E-state index contributed by atoms with van der Waals surface area (Å²) in [6.45, 7) is 3.12. The average Bonchev–Trinajstić information content (AvgIpc) is 2.17. The molecule has 1 aromatic carbocycles. The van der Waals surface area contributed by atoms with E-state index in [0.717, 1.165) is 6.54 Å². The van der Waals surface area contributed by atoms with Crippen LogP contribution in [-0.2, 0) is 6.42 Å². The molecule has 13 heavy (non-hydrogen) atoms. The van der Waals surface area contributed by atoms with Crippen LogP contribution in [-0.4, -0.2) is 12.0 Å². The first-order valence-corrected chi connectivity index (χ1v) is 5.21. The number of aryl methyl sites for hydroxylation is 1. The molecule has 1 heterocycles. The molecule has 0 bridgehead atoms. The van der Waals surface area contributed by atoms with E-state index in [1.807, 2.05) is 6.92 Å². The van der Waals surface area contributed by atoms with Crippen LogP contribution in [0.3, 0.4) is 0 Å². The molecule has 2 rings (SSSR count). The van der Waals surface area contributed by atoms with Crippen LogP contribution >= 0.6 is 11.6 Å². The highest BCUT2D eigenvalue weighted by molar-refractivity contribution is 6.21. The van der Waals surface area contributed by atoms with Crippen molar-refractivity contribution in [1.82, 2.24) is 0 Å². The van der Waals surface area contributed by atoms with Gasteiger partial charge in [-0.2, -0.15) is 0 Å². The summed E-state index contributed by atoms with van der Waals surface area (Å²) < 4.78 is 0. The second-order valence-corrected chi connectivity index (χ2v) is 4.13. The van der Waals surface area contributed by atoms with E-state index in [2.05, 4.69) is 29.2 Å². The summed E-state index contributed by atoms with van der Waals surface area (Å²) in [5, 5.41) is 0. The first-order chi connectivity index (χ1) is 6.29. The minimum Gasteiger partial charge on any atom is -0.355 e. The van der Waals surface area contributed by atoms with Crippen molar-refractivity contribution in [1.29, 1.82) is 0 Å². The minimum atomic E-state index is 0.0986. The number of halogens is 1. The first kappa shape index (κ1) is 8.89. The molecule has 1 aliphatic rings. The number of hydrogen-bond acceptors (Lipinski definition) is 1. The van der Waals surface area contributed by atoms with Gasteiger partial charge < -0.3 is 4.90 Å². The Hall–Kier alpha value is -0.690. The van der Waals surface area contributed by atoms with Crippen LogP contribution in [0.2, 0.25) is 0 Å². The monoisotopic (exact) mass is 195 g/mol. The first-order valence-electron chi connectivity index (χ1n) is 4.77. The molecular formula is C11H14ClN. The lowest BCUT2D eigenvalue weighted by molar-refractivity contribution is 0.684. The minimum absolute atomic E-state index is 0.0986. The number of nitrogens with zero attached hydrogens (tertiary/aromatic N) is 1. The summed E-state index contributed by atoms with van der Waals surface area (Å²) in [7, 11) is 0. The Labute approximate surface area is 84.3 Å². The zero-order chi connectivity index (χ0) is 9.26. The normalized spacial score (nSPS) is 18.2. The predicted octanol–water partition coefficient (Wildman–Crippen LogP) is 3.02. The molecule has 1 aliphatic heterocycles. The number of hydrogen-bond donors (Lipinski definition) is 0. The van der Waals surface area contributed by atoms with Gasteiger partial charge >= 0.3 is 0 Å². The van der Waals surface area contributed by atoms with Gasteiger partial charge in [-0.25, -0.2) is 0 Å². The van der Waals surface area contributed by atoms with Gasteiger partial charge in [-0.15, -0.1) is 0 Å². The van der Waals surface area contributed by atoms with E-state index in [0.29, 0.717) is 0 Å². The van der Waals surface area contributed by atoms with Crippen LogP contribution in [0.25, 0.3) is 0 Å². The van der Waals surface area contributed by atoms with Gasteiger partial charge in [0.1, 0.15) is 5.50 Å². The SMILES string of the molecule is CC(Cl)N1CCCc2ccccc21. The molecule has 1 unspecified atom stereocenters. The Morgan fingerprint density at radius 3 is 2.92 bits per heavy atom. The van der Waals surface area contributed by atoms with E-state index in [1.54, 1.807) is 0 Å². The van der Waals surface area contributed by atoms with Gasteiger partial charge in [-0.1, -0.05) is 29.8 Å². The van der Waals surface area contributed by atoms with Crippen LogP contribution in [0.5, 0.6) is 0 Å². The highest BCUT2D eigenvalue weighted by Gasteiger charge is 2.18. The van der Waals surface area contributed by atoms with Crippen molar-refractivity contribution in [3.8, 4) is 0 Å². The summed E-state index contributed by atoms with van der Waals surface area (Å²) in [6, 6.07) is 8.53. The zero-order valence-electron chi connectivity index (χ0n) is 7.83. The quantitative estimate of drug-likeness (QED) is 0.492. The molecule has 1 aromatic rings. The third-order valence-electron chi connectivity index (χ3n) is 2.58. The van der Waals surface area contributed by atoms with Crippen molar-refractivity contribution in [2.75, 3.05) is 11.4 Å². The van der Waals surface area contributed by atoms with Crippen molar-refractivity contribution in [2.24, 2.45) is 0 Å². The molecule has 0 saturated heterocycles. The van der Waals surface area contributed by atoms with Crippen LogP contribution in [0.4, 0.5) is 5.69 Å². The second kappa shape index (κ2) is 3.59. The number of rotatable bonds is 1. The van der Waals surface area contributed by atoms with Gasteiger partial charge in [-0.05, 0) is 31.4 Å². The summed E-state index contributed by atoms with van der Waals surface area (Å²) in [4.78, 5) is 2.26. The topological polar surface area (TPSA) is 3.24 Å². The highest BCUT2D eigenvalue weighted by Crippen LogP contribution is 2.28. The van der Waals surface area contributed by atoms with E-state index in [-0.39, 0.29) is 5.50 Å². The number of anilines is 1. The number of alkyl halides is 1. The lowest BCUT2D eigenvalue weighted by Gasteiger charge is -2.33. The summed E-state index contributed by atoms with van der Waals surface area (Å²) in [6.07, 6.45) is 2.41. The van der Waals surface area contributed by atoms with Gasteiger partial charge in [0, 0.05) is 12.2 Å². The van der Waals surface area contributed by atoms with E-state index in [1.165, 1.54) is 24.1 Å². The summed E-state index contributed by atoms with van der Waals surface area (Å²) >= 11 is 6.11. The number of para-hydroxylation sites is 1. The maximum Gasteiger partial charge on any atom is 0.101 e. The lowest BCUT2D eigenvalue weighted by Crippen LogP contribution is -2.33. The Balaban J connectivity index is 2.37. The van der Waals surface area contributed by atoms with E-state index >= 15 is 0 Å². The molecule has 0 amide bonds. The Bertz CT molecular complexity index is 296. The van der Waals surface area contributed by atoms with Gasteiger partial charge in [0.15, 0.2) is 0 Å². The Morgan fingerprint density at radius 2 is 2.15 bits per heavy atom. The van der Waals surface area contributed by atoms with E-state index in [9.17, 15) is 0 Å². The fraction of sp³-hybridized carbons (Fsp3) is 0.455. The molecular weight excluding hydrogens is 182 g/mol. The maximum atomic E-state index is 6.11. The van der Waals surface area contributed by atoms with Gasteiger partial charge in [-0.3, -0.25) is 0 Å². The predicted molar refractivity (Wildman–Crippen MR) is 57.4 cm³/mol. The van der Waals surface area contributed by atoms with Crippen molar-refractivity contribution >= 4 is 17.3 Å². The zero-order valence-corrected chi connectivity index (χ0v) is 8.59. The molecule has 0 saturated carbocycles. The molecule has 0 radical (unpaired) electrons. The second-order valence-electron chi connectivity index (χ2n) is 3.50. The van der Waals surface area contributed by atoms with E-state index in [4.69, 9.17) is 11.6 Å². The number of benzene rings is 1. The molecule has 1 nitrogen and oxygen atoms in total. The third-order valence-corrected chi connectivity index (χ3v) is 2.81. The van der Waals surface area contributed by atoms with Crippen LogP contribution < -0.4 is 4.90 Å². The molecule has 0 aromatic heterocycles. The molecule has 70 valence electrons. The average molecular weight is 196 g/mol. The molecule has 0 aliphatic carbocycles. The largest absolute Gasteiger partial charge is 0.355 e. The fourth-order valence-electron chi connectivity index (χ4n) is 1.93. The number of fused-ring (bicyclic) bond motifs is 1. The summed E-state index contributed by atoms with van der Waals surface area (Å²) in [5.74, 6) is 0. The van der Waals surface area contributed by atoms with Crippen molar-refractivity contribution < 1.29 is 0 Å². The highest BCUT2D eigenvalue weighted by atomic mass is 35.5. The Morgan fingerprint density at radius 1 is 1.38 bits per heavy atom. The van der Waals surface area contributed by atoms with Crippen LogP contribution in [0, 0.1) is 0 Å². The van der Waals surface area contributed by atoms with E-state index < -0.39 is 0 Å². The standard InChI is InChI=1S/C11H14ClN/c1-9(12)13-8-4-6-10-5-2-3-7-11(10)13/h2-3,5,7,9H,4,6,8H2,1H3. The molecule has 2 heteroatoms. The van der Waals surface area contributed by atoms with Gasteiger partial charge in [0.2, 0.25) is 0 Å². The van der Waals surface area contributed by atoms with Crippen molar-refractivity contribution in [2.45, 2.75) is 25.3 Å². The molecule has 0 spiro atoms. The third kappa shape index (κ3) is 1.66. The molecule has 0 fully saturated rings. The molecule has 1 atom stereocenters. The maximum absolute atomic E-state index is 6.11. The van der Waals surface area contributed by atoms with Crippen molar-refractivity contribution in [3.05, 3.63) is 29.8 Å². The lowest BCUT2D eigenvalue weighted by atomic mass is 10.0. The molecule has 0 N–H and O–H groups in total. The van der Waals surface area contributed by atoms with Crippen molar-refractivity contribution in [3.63, 3.8) is 0 Å². The Kier molecular flexibility index (Phi) is 2.45. The van der Waals surface area contributed by atoms with Crippen LogP contribution in [0.1, 0.15) is 18.9 Å². The van der Waals surface area contributed by atoms with Crippen LogP contribution in [0.15, 0.2) is 24.3 Å². The van der Waals surface area contributed by atoms with Gasteiger partial charge in [0.05, 0.1) is 0 Å². The summed E-state index contributed by atoms with van der Waals surface area (Å²) in [5.41, 5.74) is 2.85. The smallest absolute Gasteiger partial charge is 0.101 e. The van der Waals surface area contributed by atoms with Gasteiger partial charge in [0.25, 0.3) is 0 Å². The fourth-order valence-corrected chi connectivity index (χ4v) is 2.14.